The number of aryl methyl sites for hydroxylation is 1. The molecule has 2 aliphatic rings. The molecule has 110 valence electrons. The van der Waals surface area contributed by atoms with Crippen LogP contribution in [0.25, 0.3) is 0 Å². The van der Waals surface area contributed by atoms with Gasteiger partial charge in [0, 0.05) is 19.1 Å². The first kappa shape index (κ1) is 14.0. The molecule has 0 aromatic heterocycles. The van der Waals surface area contributed by atoms with Crippen LogP contribution in [0.15, 0.2) is 23.1 Å². The van der Waals surface area contributed by atoms with Gasteiger partial charge < -0.3 is 5.32 Å². The van der Waals surface area contributed by atoms with E-state index in [4.69, 9.17) is 0 Å². The molecule has 0 saturated carbocycles. The fourth-order valence-electron chi connectivity index (χ4n) is 3.35. The van der Waals surface area contributed by atoms with Crippen molar-refractivity contribution in [2.75, 3.05) is 19.6 Å². The summed E-state index contributed by atoms with van der Waals surface area (Å²) in [5, 5.41) is 3.28. The number of piperidine rings is 1. The van der Waals surface area contributed by atoms with Crippen LogP contribution in [0.1, 0.15) is 18.4 Å². The fourth-order valence-corrected chi connectivity index (χ4v) is 5.28. The second kappa shape index (κ2) is 5.09. The lowest BCUT2D eigenvalue weighted by atomic mass is 9.94. The minimum Gasteiger partial charge on any atom is -0.315 e. The van der Waals surface area contributed by atoms with Crippen molar-refractivity contribution >= 4 is 10.0 Å². The number of sulfonamides is 1. The molecule has 1 N–H and O–H groups in total. The van der Waals surface area contributed by atoms with Crippen molar-refractivity contribution in [3.63, 3.8) is 0 Å². The van der Waals surface area contributed by atoms with Gasteiger partial charge in [0.2, 0.25) is 10.0 Å². The topological polar surface area (TPSA) is 49.4 Å². The molecule has 0 spiro atoms. The van der Waals surface area contributed by atoms with Gasteiger partial charge in [-0.1, -0.05) is 0 Å². The third-order valence-corrected chi connectivity index (χ3v) is 6.44. The minimum atomic E-state index is -3.54. The molecule has 0 amide bonds. The summed E-state index contributed by atoms with van der Waals surface area (Å²) in [6.07, 6.45) is 1.97. The van der Waals surface area contributed by atoms with E-state index < -0.39 is 15.8 Å². The Labute approximate surface area is 119 Å². The molecule has 2 saturated heterocycles. The molecule has 4 nitrogen and oxygen atoms in total. The van der Waals surface area contributed by atoms with Crippen LogP contribution in [-0.2, 0) is 10.0 Å². The van der Waals surface area contributed by atoms with Crippen molar-refractivity contribution in [2.24, 2.45) is 5.92 Å². The molecule has 0 bridgehead atoms. The lowest BCUT2D eigenvalue weighted by Gasteiger charge is -2.36. The van der Waals surface area contributed by atoms with Gasteiger partial charge in [-0.2, -0.15) is 4.31 Å². The van der Waals surface area contributed by atoms with Crippen LogP contribution < -0.4 is 5.32 Å². The van der Waals surface area contributed by atoms with Crippen LogP contribution >= 0.6 is 0 Å². The summed E-state index contributed by atoms with van der Waals surface area (Å²) in [5.74, 6) is -0.000201. The average molecular weight is 298 g/mol. The van der Waals surface area contributed by atoms with Gasteiger partial charge in [-0.05, 0) is 56.0 Å². The molecule has 1 aromatic carbocycles. The molecule has 6 heteroatoms. The maximum atomic E-state index is 13.2. The molecule has 3 rings (SSSR count). The van der Waals surface area contributed by atoms with E-state index in [0.29, 0.717) is 24.6 Å². The molecule has 0 aliphatic carbocycles. The summed E-state index contributed by atoms with van der Waals surface area (Å²) >= 11 is 0. The van der Waals surface area contributed by atoms with Crippen molar-refractivity contribution < 1.29 is 12.8 Å². The number of nitrogens with one attached hydrogen (secondary N) is 1. The highest BCUT2D eigenvalue weighted by molar-refractivity contribution is 7.89. The second-order valence-electron chi connectivity index (χ2n) is 5.65. The minimum absolute atomic E-state index is 0.0400. The Hall–Kier alpha value is -0.980. The molecule has 2 heterocycles. The molecular formula is C14H19FN2O2S. The number of hydrogen-bond acceptors (Lipinski definition) is 3. The first-order valence-electron chi connectivity index (χ1n) is 6.99. The third-order valence-electron chi connectivity index (χ3n) is 4.35. The van der Waals surface area contributed by atoms with Crippen molar-refractivity contribution in [1.29, 1.82) is 0 Å². The Bertz CT molecular complexity index is 618. The third kappa shape index (κ3) is 2.25. The number of nitrogens with zero attached hydrogens (tertiary/aromatic N) is 1. The molecule has 2 aliphatic heterocycles. The van der Waals surface area contributed by atoms with Crippen LogP contribution in [0.3, 0.4) is 0 Å². The standard InChI is InChI=1S/C14H19FN2O2S/c1-10-7-12(15)4-5-14(10)20(18,19)17-6-2-3-11-8-16-9-13(11)17/h4-5,7,11,13,16H,2-3,6,8-9H2,1H3. The number of fused-ring (bicyclic) bond motifs is 1. The van der Waals surface area contributed by atoms with Crippen LogP contribution in [0.4, 0.5) is 4.39 Å². The fraction of sp³-hybridized carbons (Fsp3) is 0.571. The summed E-state index contributed by atoms with van der Waals surface area (Å²) in [7, 11) is -3.54. The summed E-state index contributed by atoms with van der Waals surface area (Å²) in [6.45, 7) is 3.80. The van der Waals surface area contributed by atoms with Crippen LogP contribution in [0.2, 0.25) is 0 Å². The van der Waals surface area contributed by atoms with Crippen molar-refractivity contribution in [1.82, 2.24) is 9.62 Å². The molecule has 2 fully saturated rings. The highest BCUT2D eigenvalue weighted by atomic mass is 32.2. The van der Waals surface area contributed by atoms with Gasteiger partial charge in [-0.3, -0.25) is 0 Å². The molecule has 1 aromatic rings. The first-order chi connectivity index (χ1) is 9.50. The van der Waals surface area contributed by atoms with Gasteiger partial charge in [0.15, 0.2) is 0 Å². The summed E-state index contributed by atoms with van der Waals surface area (Å²) in [4.78, 5) is 0.228. The first-order valence-corrected chi connectivity index (χ1v) is 8.43. The Morgan fingerprint density at radius 1 is 1.35 bits per heavy atom. The number of rotatable bonds is 2. The van der Waals surface area contributed by atoms with E-state index in [9.17, 15) is 12.8 Å². The predicted molar refractivity (Wildman–Crippen MR) is 74.4 cm³/mol. The molecule has 20 heavy (non-hydrogen) atoms. The lowest BCUT2D eigenvalue weighted by molar-refractivity contribution is 0.217. The maximum Gasteiger partial charge on any atom is 0.243 e. The van der Waals surface area contributed by atoms with E-state index >= 15 is 0 Å². The number of halogens is 1. The zero-order chi connectivity index (χ0) is 14.3. The van der Waals surface area contributed by atoms with E-state index in [2.05, 4.69) is 5.32 Å². The van der Waals surface area contributed by atoms with Crippen LogP contribution in [0, 0.1) is 18.7 Å². The predicted octanol–water partition coefficient (Wildman–Crippen LogP) is 1.51. The zero-order valence-electron chi connectivity index (χ0n) is 11.5. The number of benzene rings is 1. The molecule has 0 radical (unpaired) electrons. The normalized spacial score (nSPS) is 27.5. The number of hydrogen-bond donors (Lipinski definition) is 1. The monoisotopic (exact) mass is 298 g/mol. The van der Waals surface area contributed by atoms with Crippen molar-refractivity contribution in [2.45, 2.75) is 30.7 Å². The summed E-state index contributed by atoms with van der Waals surface area (Å²) < 4.78 is 40.5. The second-order valence-corrected chi connectivity index (χ2v) is 7.51. The lowest BCUT2D eigenvalue weighted by Crippen LogP contribution is -2.48. The highest BCUT2D eigenvalue weighted by Crippen LogP contribution is 2.32. The van der Waals surface area contributed by atoms with Gasteiger partial charge in [-0.25, -0.2) is 12.8 Å². The van der Waals surface area contributed by atoms with E-state index in [-0.39, 0.29) is 10.9 Å². The van der Waals surface area contributed by atoms with Crippen molar-refractivity contribution in [3.05, 3.63) is 29.6 Å². The molecule has 2 unspecified atom stereocenters. The van der Waals surface area contributed by atoms with Gasteiger partial charge in [-0.15, -0.1) is 0 Å². The van der Waals surface area contributed by atoms with Crippen LogP contribution in [0.5, 0.6) is 0 Å². The Kier molecular flexibility index (Phi) is 3.56. The van der Waals surface area contributed by atoms with Gasteiger partial charge in [0.25, 0.3) is 0 Å². The van der Waals surface area contributed by atoms with Gasteiger partial charge in [0.1, 0.15) is 5.82 Å². The van der Waals surface area contributed by atoms with E-state index in [1.807, 2.05) is 0 Å². The van der Waals surface area contributed by atoms with Crippen LogP contribution in [-0.4, -0.2) is 38.4 Å². The summed E-state index contributed by atoms with van der Waals surface area (Å²) in [6, 6.07) is 3.92. The highest BCUT2D eigenvalue weighted by Gasteiger charge is 2.41. The largest absolute Gasteiger partial charge is 0.315 e. The average Bonchev–Trinajstić information content (AvgIpc) is 2.85. The zero-order valence-corrected chi connectivity index (χ0v) is 12.3. The van der Waals surface area contributed by atoms with E-state index in [1.165, 1.54) is 18.2 Å². The Balaban J connectivity index is 1.98. The smallest absolute Gasteiger partial charge is 0.243 e. The Morgan fingerprint density at radius 3 is 2.90 bits per heavy atom. The van der Waals surface area contributed by atoms with E-state index in [1.54, 1.807) is 11.2 Å². The van der Waals surface area contributed by atoms with Gasteiger partial charge >= 0.3 is 0 Å². The van der Waals surface area contributed by atoms with E-state index in [0.717, 1.165) is 19.4 Å². The maximum absolute atomic E-state index is 13.2. The molecule has 2 atom stereocenters. The Morgan fingerprint density at radius 2 is 2.15 bits per heavy atom. The van der Waals surface area contributed by atoms with Crippen molar-refractivity contribution in [3.8, 4) is 0 Å². The summed E-state index contributed by atoms with van der Waals surface area (Å²) in [5.41, 5.74) is 0.470. The quantitative estimate of drug-likeness (QED) is 0.900. The SMILES string of the molecule is Cc1cc(F)ccc1S(=O)(=O)N1CCCC2CNCC21. The van der Waals surface area contributed by atoms with Gasteiger partial charge in [0.05, 0.1) is 4.90 Å². The molecular weight excluding hydrogens is 279 g/mol.